The maximum Gasteiger partial charge on any atom is 0.241 e. The second-order valence-electron chi connectivity index (χ2n) is 4.17. The number of anilines is 2. The van der Waals surface area contributed by atoms with Gasteiger partial charge in [0.2, 0.25) is 5.91 Å². The van der Waals surface area contributed by atoms with E-state index in [-0.39, 0.29) is 18.1 Å². The molecule has 0 aromatic carbocycles. The second-order valence-corrected chi connectivity index (χ2v) is 4.17. The number of nitrogens with zero attached hydrogens (tertiary/aromatic N) is 3. The molecule has 0 atom stereocenters. The van der Waals surface area contributed by atoms with Crippen LogP contribution in [0.4, 0.5) is 11.5 Å². The van der Waals surface area contributed by atoms with Crippen molar-refractivity contribution in [1.29, 1.82) is 5.26 Å². The lowest BCUT2D eigenvalue weighted by molar-refractivity contribution is -0.128. The minimum absolute atomic E-state index is 0.0380. The van der Waals surface area contributed by atoms with E-state index < -0.39 is 0 Å². The van der Waals surface area contributed by atoms with Gasteiger partial charge in [0.25, 0.3) is 0 Å². The molecule has 1 aromatic rings. The van der Waals surface area contributed by atoms with Gasteiger partial charge in [-0.25, -0.2) is 4.98 Å². The van der Waals surface area contributed by atoms with Crippen LogP contribution in [0.15, 0.2) is 12.3 Å². The van der Waals surface area contributed by atoms with E-state index in [1.807, 2.05) is 11.0 Å². The molecule has 1 aromatic heterocycles. The van der Waals surface area contributed by atoms with Crippen LogP contribution >= 0.6 is 0 Å². The highest BCUT2D eigenvalue weighted by molar-refractivity contribution is 5.82. The topological polar surface area (TPSA) is 95.0 Å². The summed E-state index contributed by atoms with van der Waals surface area (Å²) in [7, 11) is 0. The number of aromatic nitrogens is 1. The molecule has 18 heavy (non-hydrogen) atoms. The van der Waals surface area contributed by atoms with E-state index in [1.165, 1.54) is 6.20 Å². The van der Waals surface area contributed by atoms with Gasteiger partial charge in [0.15, 0.2) is 5.82 Å². The van der Waals surface area contributed by atoms with Crippen LogP contribution in [0.2, 0.25) is 0 Å². The largest absolute Gasteiger partial charge is 0.395 e. The zero-order chi connectivity index (χ0) is 13.0. The lowest BCUT2D eigenvalue weighted by Crippen LogP contribution is -2.33. The van der Waals surface area contributed by atoms with Crippen molar-refractivity contribution in [3.05, 3.63) is 17.8 Å². The molecule has 6 heteroatoms. The number of hydrogen-bond donors (Lipinski definition) is 2. The molecule has 0 saturated carbocycles. The molecule has 1 saturated heterocycles. The van der Waals surface area contributed by atoms with Crippen LogP contribution in [0.5, 0.6) is 0 Å². The molecular formula is C12H15N5O. The van der Waals surface area contributed by atoms with Crippen molar-refractivity contribution in [1.82, 2.24) is 9.88 Å². The van der Waals surface area contributed by atoms with Crippen LogP contribution in [0.3, 0.4) is 0 Å². The first-order chi connectivity index (χ1) is 8.72. The minimum atomic E-state index is 0.0380. The molecule has 2 rings (SSSR count). The lowest BCUT2D eigenvalue weighted by Gasteiger charge is -2.16. The monoisotopic (exact) mass is 245 g/mol. The Morgan fingerprint density at radius 1 is 1.56 bits per heavy atom. The molecule has 1 aliphatic rings. The molecule has 1 aliphatic heterocycles. The van der Waals surface area contributed by atoms with E-state index in [4.69, 9.17) is 11.0 Å². The van der Waals surface area contributed by atoms with Gasteiger partial charge in [0.05, 0.1) is 17.8 Å². The summed E-state index contributed by atoms with van der Waals surface area (Å²) in [4.78, 5) is 17.7. The number of nitrogens with one attached hydrogen (secondary N) is 1. The highest BCUT2D eigenvalue weighted by Gasteiger charge is 2.17. The van der Waals surface area contributed by atoms with Crippen molar-refractivity contribution < 1.29 is 4.79 Å². The van der Waals surface area contributed by atoms with Crippen LogP contribution in [-0.4, -0.2) is 35.4 Å². The van der Waals surface area contributed by atoms with E-state index in [2.05, 4.69) is 10.3 Å². The average Bonchev–Trinajstić information content (AvgIpc) is 2.91. The number of nitriles is 1. The van der Waals surface area contributed by atoms with Gasteiger partial charge in [-0.05, 0) is 18.9 Å². The molecule has 6 nitrogen and oxygen atoms in total. The lowest BCUT2D eigenvalue weighted by atomic mass is 10.2. The highest BCUT2D eigenvalue weighted by Crippen LogP contribution is 2.18. The predicted octanol–water partition coefficient (Wildman–Crippen LogP) is 0.570. The summed E-state index contributed by atoms with van der Waals surface area (Å²) in [6.45, 7) is 1.80. The fourth-order valence-electron chi connectivity index (χ4n) is 1.95. The minimum Gasteiger partial charge on any atom is -0.395 e. The second kappa shape index (κ2) is 5.36. The van der Waals surface area contributed by atoms with E-state index in [9.17, 15) is 4.79 Å². The molecular weight excluding hydrogens is 230 g/mol. The Morgan fingerprint density at radius 3 is 2.94 bits per heavy atom. The Bertz CT molecular complexity index is 488. The SMILES string of the molecule is N#Cc1ccnc(NCC(=O)N2CCCC2)c1N. The molecule has 0 bridgehead atoms. The average molecular weight is 245 g/mol. The van der Waals surface area contributed by atoms with Crippen molar-refractivity contribution in [3.8, 4) is 6.07 Å². The van der Waals surface area contributed by atoms with Crippen LogP contribution in [0, 0.1) is 11.3 Å². The number of carbonyl (C=O) groups is 1. The Morgan fingerprint density at radius 2 is 2.28 bits per heavy atom. The quantitative estimate of drug-likeness (QED) is 0.811. The molecule has 0 spiro atoms. The van der Waals surface area contributed by atoms with Gasteiger partial charge in [-0.3, -0.25) is 4.79 Å². The maximum absolute atomic E-state index is 11.8. The number of likely N-dealkylation sites (tertiary alicyclic amines) is 1. The summed E-state index contributed by atoms with van der Waals surface area (Å²) in [6, 6.07) is 3.52. The molecule has 0 radical (unpaired) electrons. The van der Waals surface area contributed by atoms with E-state index in [0.29, 0.717) is 11.4 Å². The maximum atomic E-state index is 11.8. The molecule has 1 amide bonds. The van der Waals surface area contributed by atoms with Gasteiger partial charge in [0, 0.05) is 19.3 Å². The van der Waals surface area contributed by atoms with Gasteiger partial charge in [-0.2, -0.15) is 5.26 Å². The van der Waals surface area contributed by atoms with E-state index in [1.54, 1.807) is 6.07 Å². The van der Waals surface area contributed by atoms with Crippen LogP contribution in [0.25, 0.3) is 0 Å². The number of pyridine rings is 1. The number of nitrogens with two attached hydrogens (primary N) is 1. The number of carbonyl (C=O) groups excluding carboxylic acids is 1. The standard InChI is InChI=1S/C12H15N5O/c13-7-9-3-4-15-12(11(9)14)16-8-10(18)17-5-1-2-6-17/h3-4H,1-2,5-6,8,14H2,(H,15,16). The van der Waals surface area contributed by atoms with Crippen molar-refractivity contribution >= 4 is 17.4 Å². The first kappa shape index (κ1) is 12.2. The van der Waals surface area contributed by atoms with Crippen LogP contribution in [0.1, 0.15) is 18.4 Å². The van der Waals surface area contributed by atoms with Crippen molar-refractivity contribution in [2.24, 2.45) is 0 Å². The smallest absolute Gasteiger partial charge is 0.241 e. The summed E-state index contributed by atoms with van der Waals surface area (Å²) >= 11 is 0. The van der Waals surface area contributed by atoms with Crippen molar-refractivity contribution in [2.75, 3.05) is 30.7 Å². The number of hydrogen-bond acceptors (Lipinski definition) is 5. The fourth-order valence-corrected chi connectivity index (χ4v) is 1.95. The number of amides is 1. The molecule has 0 unspecified atom stereocenters. The van der Waals surface area contributed by atoms with Gasteiger partial charge in [-0.15, -0.1) is 0 Å². The molecule has 0 aliphatic carbocycles. The Labute approximate surface area is 105 Å². The Balaban J connectivity index is 1.98. The van der Waals surface area contributed by atoms with Crippen molar-refractivity contribution in [3.63, 3.8) is 0 Å². The fraction of sp³-hybridized carbons (Fsp3) is 0.417. The number of rotatable bonds is 3. The van der Waals surface area contributed by atoms with Gasteiger partial charge < -0.3 is 16.0 Å². The van der Waals surface area contributed by atoms with E-state index in [0.717, 1.165) is 25.9 Å². The zero-order valence-electron chi connectivity index (χ0n) is 10.0. The van der Waals surface area contributed by atoms with E-state index >= 15 is 0 Å². The normalized spacial score (nSPS) is 14.3. The summed E-state index contributed by atoms with van der Waals surface area (Å²) in [5, 5.41) is 11.7. The summed E-state index contributed by atoms with van der Waals surface area (Å²) < 4.78 is 0. The van der Waals surface area contributed by atoms with Gasteiger partial charge in [0.1, 0.15) is 6.07 Å². The third-order valence-corrected chi connectivity index (χ3v) is 2.98. The summed E-state index contributed by atoms with van der Waals surface area (Å²) in [6.07, 6.45) is 3.63. The Kier molecular flexibility index (Phi) is 3.63. The predicted molar refractivity (Wildman–Crippen MR) is 67.7 cm³/mol. The Hall–Kier alpha value is -2.29. The molecule has 94 valence electrons. The summed E-state index contributed by atoms with van der Waals surface area (Å²) in [5.41, 5.74) is 6.41. The van der Waals surface area contributed by atoms with Crippen molar-refractivity contribution in [2.45, 2.75) is 12.8 Å². The third-order valence-electron chi connectivity index (χ3n) is 2.98. The van der Waals surface area contributed by atoms with Crippen LogP contribution in [-0.2, 0) is 4.79 Å². The first-order valence-electron chi connectivity index (χ1n) is 5.88. The molecule has 2 heterocycles. The van der Waals surface area contributed by atoms with Gasteiger partial charge in [-0.1, -0.05) is 0 Å². The number of nitrogen functional groups attached to an aromatic ring is 1. The summed E-state index contributed by atoms with van der Waals surface area (Å²) in [5.74, 6) is 0.428. The molecule has 3 N–H and O–H groups in total. The van der Waals surface area contributed by atoms with Crippen LogP contribution < -0.4 is 11.1 Å². The molecule has 1 fully saturated rings. The third kappa shape index (κ3) is 2.51. The first-order valence-corrected chi connectivity index (χ1v) is 5.88. The highest BCUT2D eigenvalue weighted by atomic mass is 16.2. The van der Waals surface area contributed by atoms with Gasteiger partial charge >= 0.3 is 0 Å². The zero-order valence-corrected chi connectivity index (χ0v) is 10.0.